The molecule has 138 valence electrons. The summed E-state index contributed by atoms with van der Waals surface area (Å²) in [6, 6.07) is 8.14. The Labute approximate surface area is 159 Å². The molecule has 2 heterocycles. The van der Waals surface area contributed by atoms with Crippen LogP contribution < -0.4 is 11.1 Å². The molecule has 26 heavy (non-hydrogen) atoms. The summed E-state index contributed by atoms with van der Waals surface area (Å²) in [6.45, 7) is 0. The third-order valence-electron chi connectivity index (χ3n) is 4.28. The number of nitrogens with two attached hydrogens (primary N) is 1. The van der Waals surface area contributed by atoms with Crippen molar-refractivity contribution in [2.75, 3.05) is 12.0 Å². The molecule has 7 nitrogen and oxygen atoms in total. The van der Waals surface area contributed by atoms with Crippen molar-refractivity contribution in [2.24, 2.45) is 5.73 Å². The predicted octanol–water partition coefficient (Wildman–Crippen LogP) is 1.14. The van der Waals surface area contributed by atoms with Gasteiger partial charge in [0.05, 0.1) is 11.8 Å². The molecule has 2 aliphatic heterocycles. The Morgan fingerprint density at radius 3 is 2.69 bits per heavy atom. The van der Waals surface area contributed by atoms with E-state index in [2.05, 4.69) is 5.32 Å². The normalized spacial score (nSPS) is 23.2. The number of carbonyl (C=O) groups excluding carboxylic acids is 2. The van der Waals surface area contributed by atoms with E-state index in [4.69, 9.17) is 5.73 Å². The molecule has 3 rings (SSSR count). The van der Waals surface area contributed by atoms with Gasteiger partial charge in [-0.05, 0) is 11.8 Å². The SMILES string of the molecule is CSCC1=C(C(=O)O)N2C(=O)C[C@H]2SC1NC(=O)C(N)c1ccccc1. The zero-order chi connectivity index (χ0) is 18.8. The fourth-order valence-electron chi connectivity index (χ4n) is 2.97. The van der Waals surface area contributed by atoms with Crippen molar-refractivity contribution in [1.82, 2.24) is 10.2 Å². The van der Waals surface area contributed by atoms with E-state index >= 15 is 0 Å². The molecule has 0 aromatic heterocycles. The molecule has 2 unspecified atom stereocenters. The topological polar surface area (TPSA) is 113 Å². The number of nitrogens with one attached hydrogen (secondary N) is 1. The Morgan fingerprint density at radius 2 is 2.12 bits per heavy atom. The summed E-state index contributed by atoms with van der Waals surface area (Å²) in [5, 5.41) is 11.7. The number of β-lactam (4-membered cyclic amide) rings is 1. The van der Waals surface area contributed by atoms with Gasteiger partial charge in [-0.1, -0.05) is 30.3 Å². The summed E-state index contributed by atoms with van der Waals surface area (Å²) in [7, 11) is 0. The van der Waals surface area contributed by atoms with Gasteiger partial charge < -0.3 is 16.2 Å². The van der Waals surface area contributed by atoms with Crippen LogP contribution in [0.5, 0.6) is 0 Å². The van der Waals surface area contributed by atoms with Crippen molar-refractivity contribution in [2.45, 2.75) is 23.2 Å². The van der Waals surface area contributed by atoms with E-state index in [0.717, 1.165) is 0 Å². The number of amides is 2. The van der Waals surface area contributed by atoms with E-state index < -0.39 is 17.4 Å². The quantitative estimate of drug-likeness (QED) is 0.621. The van der Waals surface area contributed by atoms with E-state index in [-0.39, 0.29) is 29.3 Å². The largest absolute Gasteiger partial charge is 0.477 e. The molecular formula is C17H19N3O4S2. The van der Waals surface area contributed by atoms with E-state index in [0.29, 0.717) is 16.9 Å². The molecule has 0 bridgehead atoms. The number of aliphatic carboxylic acids is 1. The minimum atomic E-state index is -1.15. The lowest BCUT2D eigenvalue weighted by molar-refractivity contribution is -0.146. The lowest BCUT2D eigenvalue weighted by Gasteiger charge is -2.46. The van der Waals surface area contributed by atoms with Gasteiger partial charge in [-0.15, -0.1) is 11.8 Å². The third-order valence-corrected chi connectivity index (χ3v) is 6.24. The van der Waals surface area contributed by atoms with Crippen molar-refractivity contribution < 1.29 is 19.5 Å². The van der Waals surface area contributed by atoms with Gasteiger partial charge in [-0.25, -0.2) is 4.79 Å². The fourth-order valence-corrected chi connectivity index (χ4v) is 5.14. The molecule has 0 saturated carbocycles. The highest BCUT2D eigenvalue weighted by Crippen LogP contribution is 2.43. The first kappa shape index (κ1) is 18.8. The zero-order valence-corrected chi connectivity index (χ0v) is 15.7. The minimum Gasteiger partial charge on any atom is -0.477 e. The minimum absolute atomic E-state index is 0.0158. The first-order valence-corrected chi connectivity index (χ1v) is 10.3. The molecule has 2 aliphatic rings. The van der Waals surface area contributed by atoms with Crippen molar-refractivity contribution in [3.8, 4) is 0 Å². The van der Waals surface area contributed by atoms with Crippen LogP contribution in [0.1, 0.15) is 18.0 Å². The molecule has 1 aromatic rings. The monoisotopic (exact) mass is 393 g/mol. The molecular weight excluding hydrogens is 374 g/mol. The van der Waals surface area contributed by atoms with Crippen molar-refractivity contribution in [1.29, 1.82) is 0 Å². The predicted molar refractivity (Wildman–Crippen MR) is 101 cm³/mol. The van der Waals surface area contributed by atoms with Crippen LogP contribution in [0.15, 0.2) is 41.6 Å². The molecule has 1 saturated heterocycles. The molecule has 1 fully saturated rings. The molecule has 0 aliphatic carbocycles. The summed E-state index contributed by atoms with van der Waals surface area (Å²) < 4.78 is 0. The number of benzene rings is 1. The van der Waals surface area contributed by atoms with Crippen LogP contribution in [-0.2, 0) is 14.4 Å². The molecule has 1 aromatic carbocycles. The van der Waals surface area contributed by atoms with Gasteiger partial charge in [0.15, 0.2) is 0 Å². The van der Waals surface area contributed by atoms with Crippen LogP contribution in [-0.4, -0.2) is 50.5 Å². The molecule has 9 heteroatoms. The van der Waals surface area contributed by atoms with Gasteiger partial charge in [0, 0.05) is 11.3 Å². The van der Waals surface area contributed by atoms with Crippen molar-refractivity contribution in [3.05, 3.63) is 47.2 Å². The van der Waals surface area contributed by atoms with Gasteiger partial charge in [0.2, 0.25) is 11.8 Å². The molecule has 0 radical (unpaired) electrons. The van der Waals surface area contributed by atoms with Crippen LogP contribution in [0, 0.1) is 0 Å². The molecule has 4 N–H and O–H groups in total. The second kappa shape index (κ2) is 7.73. The lowest BCUT2D eigenvalue weighted by atomic mass is 10.1. The molecule has 2 amide bonds. The summed E-state index contributed by atoms with van der Waals surface area (Å²) >= 11 is 2.82. The summed E-state index contributed by atoms with van der Waals surface area (Å²) in [5.74, 6) is -1.34. The second-order valence-corrected chi connectivity index (χ2v) is 8.10. The number of hydrogen-bond acceptors (Lipinski definition) is 6. The van der Waals surface area contributed by atoms with Gasteiger partial charge in [0.25, 0.3) is 0 Å². The first-order chi connectivity index (χ1) is 12.4. The number of nitrogens with zero attached hydrogens (tertiary/aromatic N) is 1. The number of carboxylic acid groups (broad SMARTS) is 1. The Hall–Kier alpha value is -1.97. The van der Waals surface area contributed by atoms with Crippen molar-refractivity contribution in [3.63, 3.8) is 0 Å². The molecule has 3 atom stereocenters. The number of fused-ring (bicyclic) bond motifs is 1. The lowest BCUT2D eigenvalue weighted by Crippen LogP contribution is -2.58. The van der Waals surface area contributed by atoms with Gasteiger partial charge in [-0.3, -0.25) is 14.5 Å². The van der Waals surface area contributed by atoms with Crippen LogP contribution in [0.25, 0.3) is 0 Å². The van der Waals surface area contributed by atoms with E-state index in [1.807, 2.05) is 12.3 Å². The summed E-state index contributed by atoms with van der Waals surface area (Å²) in [6.07, 6.45) is 2.11. The maximum Gasteiger partial charge on any atom is 0.352 e. The van der Waals surface area contributed by atoms with E-state index in [9.17, 15) is 19.5 Å². The number of rotatable bonds is 6. The standard InChI is InChI=1S/C17H19N3O4S2/c1-25-8-10-14(17(23)24)20-11(21)7-12(20)26-16(10)19-15(22)13(18)9-5-3-2-4-6-9/h2-6,12-13,16H,7-8,18H2,1H3,(H,19,22)(H,23,24)/t12-,13?,16?/m1/s1. The highest BCUT2D eigenvalue weighted by molar-refractivity contribution is 8.01. The van der Waals surface area contributed by atoms with Crippen LogP contribution in [0.4, 0.5) is 0 Å². The van der Waals surface area contributed by atoms with Gasteiger partial charge >= 0.3 is 5.97 Å². The first-order valence-electron chi connectivity index (χ1n) is 7.97. The third kappa shape index (κ3) is 3.46. The Balaban J connectivity index is 1.86. The fraction of sp³-hybridized carbons (Fsp3) is 0.353. The second-order valence-electron chi connectivity index (χ2n) is 5.95. The number of carboxylic acids is 1. The Morgan fingerprint density at radius 1 is 1.42 bits per heavy atom. The van der Waals surface area contributed by atoms with E-state index in [1.165, 1.54) is 28.4 Å². The summed E-state index contributed by atoms with van der Waals surface area (Å²) in [4.78, 5) is 37.5. The maximum atomic E-state index is 12.6. The highest BCUT2D eigenvalue weighted by Gasteiger charge is 2.48. The number of hydrogen-bond donors (Lipinski definition) is 3. The highest BCUT2D eigenvalue weighted by atomic mass is 32.2. The Kier molecular flexibility index (Phi) is 5.59. The van der Waals surface area contributed by atoms with Crippen LogP contribution in [0.2, 0.25) is 0 Å². The van der Waals surface area contributed by atoms with Crippen LogP contribution in [0.3, 0.4) is 0 Å². The zero-order valence-electron chi connectivity index (χ0n) is 14.0. The van der Waals surface area contributed by atoms with Crippen molar-refractivity contribution >= 4 is 41.3 Å². The average Bonchev–Trinajstić information content (AvgIpc) is 2.62. The van der Waals surface area contributed by atoms with Gasteiger partial charge in [0.1, 0.15) is 17.1 Å². The van der Waals surface area contributed by atoms with Crippen LogP contribution >= 0.6 is 23.5 Å². The van der Waals surface area contributed by atoms with E-state index in [1.54, 1.807) is 24.3 Å². The summed E-state index contributed by atoms with van der Waals surface area (Å²) in [5.41, 5.74) is 7.23. The number of carbonyl (C=O) groups is 3. The Bertz CT molecular complexity index is 769. The average molecular weight is 393 g/mol. The maximum absolute atomic E-state index is 12.6. The smallest absolute Gasteiger partial charge is 0.352 e. The number of thioether (sulfide) groups is 2. The van der Waals surface area contributed by atoms with Gasteiger partial charge in [-0.2, -0.15) is 11.8 Å². The molecule has 0 spiro atoms.